The number of hydrogen-bond acceptors (Lipinski definition) is 3. The fourth-order valence-electron chi connectivity index (χ4n) is 5.67. The summed E-state index contributed by atoms with van der Waals surface area (Å²) in [6.45, 7) is 11.8. The Morgan fingerprint density at radius 2 is 2.13 bits per heavy atom. The van der Waals surface area contributed by atoms with E-state index in [9.17, 15) is 9.90 Å². The minimum Gasteiger partial charge on any atom is -0.458 e. The highest BCUT2D eigenvalue weighted by atomic mass is 16.5. The van der Waals surface area contributed by atoms with Gasteiger partial charge in [0.15, 0.2) is 0 Å². The molecular weight excluding hydrogens is 288 g/mol. The van der Waals surface area contributed by atoms with E-state index in [4.69, 9.17) is 4.74 Å². The maximum atomic E-state index is 11.3. The molecule has 0 saturated heterocycles. The average Bonchev–Trinajstić information content (AvgIpc) is 2.88. The minimum absolute atomic E-state index is 0.210. The normalized spacial score (nSPS) is 37.8. The van der Waals surface area contributed by atoms with Gasteiger partial charge in [-0.05, 0) is 54.8 Å². The van der Waals surface area contributed by atoms with Gasteiger partial charge in [0.2, 0.25) is 0 Å². The van der Waals surface area contributed by atoms with Crippen LogP contribution in [-0.4, -0.2) is 23.8 Å². The van der Waals surface area contributed by atoms with E-state index in [2.05, 4.69) is 27.4 Å². The van der Waals surface area contributed by atoms with Gasteiger partial charge in [0.1, 0.15) is 6.61 Å². The second-order valence-corrected chi connectivity index (χ2v) is 8.73. The third-order valence-electron chi connectivity index (χ3n) is 6.89. The van der Waals surface area contributed by atoms with Gasteiger partial charge in [0, 0.05) is 11.6 Å². The fraction of sp³-hybridized carbons (Fsp3) is 0.750. The number of aliphatic hydroxyl groups is 1. The van der Waals surface area contributed by atoms with Crippen LogP contribution in [0.3, 0.4) is 0 Å². The van der Waals surface area contributed by atoms with Gasteiger partial charge in [-0.1, -0.05) is 39.3 Å². The van der Waals surface area contributed by atoms with Crippen LogP contribution in [0.1, 0.15) is 59.3 Å². The zero-order valence-corrected chi connectivity index (χ0v) is 14.7. The summed E-state index contributed by atoms with van der Waals surface area (Å²) in [4.78, 5) is 11.3. The molecule has 0 bridgehead atoms. The summed E-state index contributed by atoms with van der Waals surface area (Å²) < 4.78 is 4.95. The standard InChI is InChI=1S/C20H30O3/c1-13-6-7-17-19(2,3)8-5-9-20(17,4)15(13)11-16(21)14-10-18(22)23-12-14/h10,15-17,21H,1,5-9,11-12H2,2-4H3/t15-,16+,17-,20+/m0/s1. The first-order chi connectivity index (χ1) is 10.7. The van der Waals surface area contributed by atoms with Gasteiger partial charge in [0.05, 0.1) is 6.10 Å². The summed E-state index contributed by atoms with van der Waals surface area (Å²) in [6, 6.07) is 0. The molecule has 2 aliphatic carbocycles. The van der Waals surface area contributed by atoms with Crippen LogP contribution in [0.2, 0.25) is 0 Å². The van der Waals surface area contributed by atoms with Crippen LogP contribution in [0.4, 0.5) is 0 Å². The number of carbonyl (C=O) groups excluding carboxylic acids is 1. The van der Waals surface area contributed by atoms with E-state index in [0.717, 1.165) is 12.0 Å². The van der Waals surface area contributed by atoms with Crippen molar-refractivity contribution < 1.29 is 14.6 Å². The van der Waals surface area contributed by atoms with Crippen molar-refractivity contribution in [2.24, 2.45) is 22.7 Å². The number of cyclic esters (lactones) is 1. The number of rotatable bonds is 3. The number of aliphatic hydroxyl groups excluding tert-OH is 1. The molecule has 2 saturated carbocycles. The van der Waals surface area contributed by atoms with E-state index >= 15 is 0 Å². The molecule has 1 heterocycles. The number of carbonyl (C=O) groups is 1. The van der Waals surface area contributed by atoms with Gasteiger partial charge in [0.25, 0.3) is 0 Å². The SMILES string of the molecule is C=C1CC[C@H]2C(C)(C)CCC[C@]2(C)[C@H]1C[C@@H](O)C1=CC(=O)OC1. The molecule has 0 aromatic rings. The van der Waals surface area contributed by atoms with E-state index in [0.29, 0.717) is 23.7 Å². The molecule has 1 aliphatic heterocycles. The van der Waals surface area contributed by atoms with E-state index < -0.39 is 6.10 Å². The summed E-state index contributed by atoms with van der Waals surface area (Å²) >= 11 is 0. The Hall–Kier alpha value is -1.09. The van der Waals surface area contributed by atoms with Crippen LogP contribution < -0.4 is 0 Å². The monoisotopic (exact) mass is 318 g/mol. The first kappa shape index (κ1) is 16.8. The number of ether oxygens (including phenoxy) is 1. The average molecular weight is 318 g/mol. The Morgan fingerprint density at radius 3 is 2.78 bits per heavy atom. The number of esters is 1. The molecule has 3 rings (SSSR count). The maximum Gasteiger partial charge on any atom is 0.331 e. The zero-order valence-electron chi connectivity index (χ0n) is 14.7. The quantitative estimate of drug-likeness (QED) is 0.631. The molecule has 0 unspecified atom stereocenters. The molecule has 1 N–H and O–H groups in total. The Morgan fingerprint density at radius 1 is 1.39 bits per heavy atom. The van der Waals surface area contributed by atoms with E-state index in [1.165, 1.54) is 37.3 Å². The molecule has 0 aromatic heterocycles. The highest BCUT2D eigenvalue weighted by Crippen LogP contribution is 2.61. The molecule has 0 aromatic carbocycles. The predicted octanol–water partition coefficient (Wildman–Crippen LogP) is 4.02. The van der Waals surface area contributed by atoms with E-state index in [-0.39, 0.29) is 18.0 Å². The van der Waals surface area contributed by atoms with Gasteiger partial charge in [-0.15, -0.1) is 0 Å². The highest BCUT2D eigenvalue weighted by Gasteiger charge is 2.53. The van der Waals surface area contributed by atoms with Crippen molar-refractivity contribution in [3.05, 3.63) is 23.8 Å². The van der Waals surface area contributed by atoms with Crippen LogP contribution >= 0.6 is 0 Å². The van der Waals surface area contributed by atoms with Crippen LogP contribution in [0, 0.1) is 22.7 Å². The molecule has 0 amide bonds. The van der Waals surface area contributed by atoms with Crippen molar-refractivity contribution in [3.8, 4) is 0 Å². The molecule has 3 aliphatic rings. The van der Waals surface area contributed by atoms with Crippen LogP contribution in [0.15, 0.2) is 23.8 Å². The van der Waals surface area contributed by atoms with Gasteiger partial charge in [-0.3, -0.25) is 0 Å². The molecule has 2 fully saturated rings. The molecule has 0 radical (unpaired) electrons. The lowest BCUT2D eigenvalue weighted by molar-refractivity contribution is -0.135. The molecule has 4 atom stereocenters. The summed E-state index contributed by atoms with van der Waals surface area (Å²) in [5.41, 5.74) is 2.58. The Kier molecular flexibility index (Phi) is 4.20. The number of allylic oxidation sites excluding steroid dienone is 1. The summed E-state index contributed by atoms with van der Waals surface area (Å²) in [6.07, 6.45) is 7.59. The van der Waals surface area contributed by atoms with Crippen molar-refractivity contribution in [1.82, 2.24) is 0 Å². The lowest BCUT2D eigenvalue weighted by atomic mass is 9.47. The Labute approximate surface area is 139 Å². The van der Waals surface area contributed by atoms with Gasteiger partial charge >= 0.3 is 5.97 Å². The van der Waals surface area contributed by atoms with Crippen LogP contribution in [-0.2, 0) is 9.53 Å². The Balaban J connectivity index is 1.83. The fourth-order valence-corrected chi connectivity index (χ4v) is 5.67. The van der Waals surface area contributed by atoms with Crippen LogP contribution in [0.25, 0.3) is 0 Å². The third-order valence-corrected chi connectivity index (χ3v) is 6.89. The summed E-state index contributed by atoms with van der Waals surface area (Å²) in [5, 5.41) is 10.6. The van der Waals surface area contributed by atoms with Crippen LogP contribution in [0.5, 0.6) is 0 Å². The lowest BCUT2D eigenvalue weighted by Gasteiger charge is -2.58. The van der Waals surface area contributed by atoms with Crippen molar-refractivity contribution in [3.63, 3.8) is 0 Å². The number of fused-ring (bicyclic) bond motifs is 1. The minimum atomic E-state index is -0.594. The van der Waals surface area contributed by atoms with Gasteiger partial charge in [-0.2, -0.15) is 0 Å². The van der Waals surface area contributed by atoms with Crippen molar-refractivity contribution >= 4 is 5.97 Å². The predicted molar refractivity (Wildman–Crippen MR) is 90.8 cm³/mol. The second-order valence-electron chi connectivity index (χ2n) is 8.73. The molecule has 0 spiro atoms. The summed E-state index contributed by atoms with van der Waals surface area (Å²) in [7, 11) is 0. The third kappa shape index (κ3) is 2.88. The van der Waals surface area contributed by atoms with Gasteiger partial charge < -0.3 is 9.84 Å². The first-order valence-electron chi connectivity index (χ1n) is 8.97. The molecular formula is C20H30O3. The topological polar surface area (TPSA) is 46.5 Å². The van der Waals surface area contributed by atoms with E-state index in [1.54, 1.807) is 0 Å². The molecule has 3 nitrogen and oxygen atoms in total. The number of hydrogen-bond donors (Lipinski definition) is 1. The maximum absolute atomic E-state index is 11.3. The van der Waals surface area contributed by atoms with Crippen molar-refractivity contribution in [1.29, 1.82) is 0 Å². The molecule has 128 valence electrons. The molecule has 3 heteroatoms. The second kappa shape index (κ2) is 5.77. The first-order valence-corrected chi connectivity index (χ1v) is 8.97. The Bertz CT molecular complexity index is 545. The smallest absolute Gasteiger partial charge is 0.331 e. The van der Waals surface area contributed by atoms with Crippen molar-refractivity contribution in [2.45, 2.75) is 65.4 Å². The van der Waals surface area contributed by atoms with Gasteiger partial charge in [-0.25, -0.2) is 4.79 Å². The highest BCUT2D eigenvalue weighted by molar-refractivity contribution is 5.85. The van der Waals surface area contributed by atoms with E-state index in [1.807, 2.05) is 0 Å². The van der Waals surface area contributed by atoms with Crippen molar-refractivity contribution in [2.75, 3.05) is 6.61 Å². The largest absolute Gasteiger partial charge is 0.458 e. The zero-order chi connectivity index (χ0) is 16.8. The molecule has 23 heavy (non-hydrogen) atoms. The summed E-state index contributed by atoms with van der Waals surface area (Å²) in [5.74, 6) is 0.679. The lowest BCUT2D eigenvalue weighted by Crippen LogP contribution is -2.50.